The van der Waals surface area contributed by atoms with Gasteiger partial charge in [-0.25, -0.2) is 0 Å². The van der Waals surface area contributed by atoms with Gasteiger partial charge in [0.05, 0.1) is 28.8 Å². The molecule has 2 aromatic carbocycles. The minimum atomic E-state index is -0.528. The van der Waals surface area contributed by atoms with Gasteiger partial charge in [-0.05, 0) is 36.8 Å². The van der Waals surface area contributed by atoms with Crippen molar-refractivity contribution in [3.63, 3.8) is 0 Å². The van der Waals surface area contributed by atoms with Gasteiger partial charge in [0, 0.05) is 0 Å². The third-order valence-electron chi connectivity index (χ3n) is 3.15. The molecule has 132 valence electrons. The number of esters is 1. The summed E-state index contributed by atoms with van der Waals surface area (Å²) in [6, 6.07) is 12.4. The fourth-order valence-electron chi connectivity index (χ4n) is 1.96. The van der Waals surface area contributed by atoms with Crippen LogP contribution in [-0.2, 0) is 14.3 Å². The van der Waals surface area contributed by atoms with E-state index in [1.54, 1.807) is 24.3 Å². The normalized spacial score (nSPS) is 10.2. The fraction of sp³-hybridized carbons (Fsp3) is 0.222. The van der Waals surface area contributed by atoms with Crippen LogP contribution in [-0.4, -0.2) is 25.1 Å². The Bertz CT molecular complexity index is 764. The maximum absolute atomic E-state index is 11.8. The number of benzene rings is 2. The van der Waals surface area contributed by atoms with Crippen molar-refractivity contribution in [1.29, 1.82) is 0 Å². The van der Waals surface area contributed by atoms with Gasteiger partial charge < -0.3 is 14.8 Å². The molecule has 0 aliphatic carbocycles. The predicted molar refractivity (Wildman–Crippen MR) is 97.3 cm³/mol. The summed E-state index contributed by atoms with van der Waals surface area (Å²) in [5.41, 5.74) is 1.43. The zero-order valence-electron chi connectivity index (χ0n) is 13.6. The Labute approximate surface area is 155 Å². The molecule has 2 aromatic rings. The molecule has 0 radical (unpaired) electrons. The fourth-order valence-corrected chi connectivity index (χ4v) is 2.31. The molecule has 0 unspecified atom stereocenters. The summed E-state index contributed by atoms with van der Waals surface area (Å²) in [7, 11) is 0. The molecule has 0 spiro atoms. The summed E-state index contributed by atoms with van der Waals surface area (Å²) in [6.45, 7) is 1.71. The Hall–Kier alpha value is -2.24. The second-order valence-electron chi connectivity index (χ2n) is 5.23. The van der Waals surface area contributed by atoms with Crippen molar-refractivity contribution in [3.8, 4) is 5.75 Å². The zero-order valence-corrected chi connectivity index (χ0v) is 15.1. The molecule has 2 rings (SSSR count). The molecule has 1 amide bonds. The number of rotatable bonds is 7. The largest absolute Gasteiger partial charge is 0.493 e. The first-order valence-corrected chi connectivity index (χ1v) is 8.30. The third kappa shape index (κ3) is 6.29. The highest BCUT2D eigenvalue weighted by Crippen LogP contribution is 2.29. The van der Waals surface area contributed by atoms with Crippen molar-refractivity contribution >= 4 is 40.8 Å². The first-order chi connectivity index (χ1) is 12.0. The lowest BCUT2D eigenvalue weighted by Crippen LogP contribution is -2.21. The van der Waals surface area contributed by atoms with E-state index in [9.17, 15) is 9.59 Å². The van der Waals surface area contributed by atoms with Gasteiger partial charge in [0.1, 0.15) is 5.75 Å². The standard InChI is InChI=1S/C18H17Cl2NO4/c1-12-4-2-5-13(10-12)24-9-8-17(23)25-11-16(22)21-15-7-3-6-14(19)18(15)20/h2-7,10H,8-9,11H2,1H3,(H,21,22). The van der Waals surface area contributed by atoms with Crippen LogP contribution in [0.3, 0.4) is 0 Å². The smallest absolute Gasteiger partial charge is 0.309 e. The molecule has 0 saturated heterocycles. The molecular weight excluding hydrogens is 365 g/mol. The summed E-state index contributed by atoms with van der Waals surface area (Å²) in [5.74, 6) is -0.349. The average Bonchev–Trinajstić information content (AvgIpc) is 2.57. The number of hydrogen-bond acceptors (Lipinski definition) is 4. The Morgan fingerprint density at radius 1 is 1.12 bits per heavy atom. The number of anilines is 1. The number of carbonyl (C=O) groups excluding carboxylic acids is 2. The minimum absolute atomic E-state index is 0.0408. The summed E-state index contributed by atoms with van der Waals surface area (Å²) in [5, 5.41) is 3.09. The van der Waals surface area contributed by atoms with Crippen LogP contribution < -0.4 is 10.1 Å². The first kappa shape index (κ1) is 19.1. The molecule has 7 heteroatoms. The van der Waals surface area contributed by atoms with Crippen molar-refractivity contribution in [2.24, 2.45) is 0 Å². The Balaban J connectivity index is 1.70. The van der Waals surface area contributed by atoms with E-state index in [1.807, 2.05) is 25.1 Å². The van der Waals surface area contributed by atoms with Crippen LogP contribution in [0.4, 0.5) is 5.69 Å². The molecule has 0 fully saturated rings. The van der Waals surface area contributed by atoms with Gasteiger partial charge in [-0.15, -0.1) is 0 Å². The van der Waals surface area contributed by atoms with E-state index in [0.717, 1.165) is 5.56 Å². The SMILES string of the molecule is Cc1cccc(OCCC(=O)OCC(=O)Nc2cccc(Cl)c2Cl)c1. The van der Waals surface area contributed by atoms with Gasteiger partial charge in [-0.3, -0.25) is 9.59 Å². The van der Waals surface area contributed by atoms with Gasteiger partial charge >= 0.3 is 5.97 Å². The Kier molecular flexibility index (Phi) is 7.10. The molecule has 0 bridgehead atoms. The van der Waals surface area contributed by atoms with E-state index in [0.29, 0.717) is 16.5 Å². The molecule has 0 heterocycles. The number of nitrogens with one attached hydrogen (secondary N) is 1. The van der Waals surface area contributed by atoms with Gasteiger partial charge in [0.15, 0.2) is 6.61 Å². The van der Waals surface area contributed by atoms with Crippen molar-refractivity contribution in [2.45, 2.75) is 13.3 Å². The predicted octanol–water partition coefficient (Wildman–Crippen LogP) is 4.25. The van der Waals surface area contributed by atoms with Crippen molar-refractivity contribution in [3.05, 3.63) is 58.1 Å². The lowest BCUT2D eigenvalue weighted by Gasteiger charge is -2.09. The molecule has 0 saturated carbocycles. The highest BCUT2D eigenvalue weighted by atomic mass is 35.5. The van der Waals surface area contributed by atoms with Gasteiger partial charge in [0.25, 0.3) is 5.91 Å². The third-order valence-corrected chi connectivity index (χ3v) is 3.97. The minimum Gasteiger partial charge on any atom is -0.493 e. The number of aryl methyl sites for hydroxylation is 1. The lowest BCUT2D eigenvalue weighted by atomic mass is 10.2. The van der Waals surface area contributed by atoms with Crippen LogP contribution in [0.15, 0.2) is 42.5 Å². The monoisotopic (exact) mass is 381 g/mol. The van der Waals surface area contributed by atoms with Crippen molar-refractivity contribution < 1.29 is 19.1 Å². The van der Waals surface area contributed by atoms with Crippen molar-refractivity contribution in [1.82, 2.24) is 0 Å². The van der Waals surface area contributed by atoms with Crippen LogP contribution in [0.2, 0.25) is 10.0 Å². The quantitative estimate of drug-likeness (QED) is 0.727. The molecule has 0 aromatic heterocycles. The first-order valence-electron chi connectivity index (χ1n) is 7.54. The number of carbonyl (C=O) groups is 2. The maximum atomic E-state index is 11.8. The summed E-state index contributed by atoms with van der Waals surface area (Å²) in [4.78, 5) is 23.4. The summed E-state index contributed by atoms with van der Waals surface area (Å²) in [6.07, 6.45) is 0.0408. The molecule has 0 aliphatic heterocycles. The lowest BCUT2D eigenvalue weighted by molar-refractivity contribution is -0.147. The van der Waals surface area contributed by atoms with Crippen molar-refractivity contribution in [2.75, 3.05) is 18.5 Å². The molecule has 1 N–H and O–H groups in total. The highest BCUT2D eigenvalue weighted by molar-refractivity contribution is 6.43. The molecule has 5 nitrogen and oxygen atoms in total. The van der Waals surface area contributed by atoms with Crippen LogP contribution in [0, 0.1) is 6.92 Å². The average molecular weight is 382 g/mol. The Morgan fingerprint density at radius 2 is 1.88 bits per heavy atom. The van der Waals surface area contributed by atoms with Gasteiger partial charge in [0.2, 0.25) is 0 Å². The van der Waals surface area contributed by atoms with E-state index in [2.05, 4.69) is 5.32 Å². The van der Waals surface area contributed by atoms with Crippen LogP contribution in [0.5, 0.6) is 5.75 Å². The van der Waals surface area contributed by atoms with Gasteiger partial charge in [-0.1, -0.05) is 41.4 Å². The molecular formula is C18H17Cl2NO4. The maximum Gasteiger partial charge on any atom is 0.309 e. The number of hydrogen-bond donors (Lipinski definition) is 1. The van der Waals surface area contributed by atoms with E-state index >= 15 is 0 Å². The van der Waals surface area contributed by atoms with Gasteiger partial charge in [-0.2, -0.15) is 0 Å². The number of halogens is 2. The highest BCUT2D eigenvalue weighted by Gasteiger charge is 2.11. The van der Waals surface area contributed by atoms with Crippen LogP contribution >= 0.6 is 23.2 Å². The summed E-state index contributed by atoms with van der Waals surface area (Å²) < 4.78 is 10.4. The number of amides is 1. The van der Waals surface area contributed by atoms with E-state index in [-0.39, 0.29) is 18.1 Å². The number of ether oxygens (including phenoxy) is 2. The zero-order chi connectivity index (χ0) is 18.2. The van der Waals surface area contributed by atoms with E-state index < -0.39 is 18.5 Å². The second kappa shape index (κ2) is 9.30. The molecule has 0 aliphatic rings. The van der Waals surface area contributed by atoms with Crippen LogP contribution in [0.25, 0.3) is 0 Å². The van der Waals surface area contributed by atoms with E-state index in [4.69, 9.17) is 32.7 Å². The van der Waals surface area contributed by atoms with Crippen LogP contribution in [0.1, 0.15) is 12.0 Å². The molecule has 0 atom stereocenters. The Morgan fingerprint density at radius 3 is 2.64 bits per heavy atom. The summed E-state index contributed by atoms with van der Waals surface area (Å²) >= 11 is 11.8. The molecule has 25 heavy (non-hydrogen) atoms. The topological polar surface area (TPSA) is 64.6 Å². The second-order valence-corrected chi connectivity index (χ2v) is 6.01. The van der Waals surface area contributed by atoms with E-state index in [1.165, 1.54) is 0 Å².